The van der Waals surface area contributed by atoms with Gasteiger partial charge in [0, 0.05) is 6.08 Å². The summed E-state index contributed by atoms with van der Waals surface area (Å²) in [5.41, 5.74) is 0.785. The highest BCUT2D eigenvalue weighted by Gasteiger charge is 2.06. The Morgan fingerprint density at radius 2 is 2.04 bits per heavy atom. The molecule has 2 N–H and O–H groups in total. The molecule has 0 aliphatic rings. The van der Waals surface area contributed by atoms with Crippen molar-refractivity contribution in [3.63, 3.8) is 0 Å². The maximum absolute atomic E-state index is 11.9. The minimum Gasteiger partial charge on any atom is -0.493 e. The molecule has 0 aliphatic heterocycles. The van der Waals surface area contributed by atoms with Gasteiger partial charge in [0.25, 0.3) is 0 Å². The zero-order chi connectivity index (χ0) is 19.5. The molecular weight excluding hydrogens is 348 g/mol. The largest absolute Gasteiger partial charge is 0.493 e. The van der Waals surface area contributed by atoms with Crippen molar-refractivity contribution in [3.8, 4) is 11.5 Å². The summed E-state index contributed by atoms with van der Waals surface area (Å²) >= 11 is 0. The third kappa shape index (κ3) is 6.89. The Morgan fingerprint density at radius 1 is 1.19 bits per heavy atom. The van der Waals surface area contributed by atoms with Crippen molar-refractivity contribution in [2.45, 2.75) is 19.9 Å². The monoisotopic (exact) mass is 372 g/mol. The van der Waals surface area contributed by atoms with E-state index in [9.17, 15) is 9.59 Å². The average Bonchev–Trinajstić information content (AvgIpc) is 3.21. The first kappa shape index (κ1) is 20.1. The van der Waals surface area contributed by atoms with Gasteiger partial charge in [-0.3, -0.25) is 9.59 Å². The third-order valence-electron chi connectivity index (χ3n) is 3.54. The van der Waals surface area contributed by atoms with Gasteiger partial charge in [0.1, 0.15) is 5.76 Å². The lowest BCUT2D eigenvalue weighted by Gasteiger charge is -2.10. The smallest absolute Gasteiger partial charge is 0.244 e. The summed E-state index contributed by atoms with van der Waals surface area (Å²) in [7, 11) is 1.57. The van der Waals surface area contributed by atoms with Crippen LogP contribution in [0, 0.1) is 0 Å². The van der Waals surface area contributed by atoms with E-state index in [0.717, 1.165) is 12.0 Å². The topological polar surface area (TPSA) is 89.8 Å². The number of amides is 2. The van der Waals surface area contributed by atoms with Crippen LogP contribution in [-0.2, 0) is 16.1 Å². The van der Waals surface area contributed by atoms with Gasteiger partial charge in [0.2, 0.25) is 11.8 Å². The van der Waals surface area contributed by atoms with Crippen LogP contribution in [0.3, 0.4) is 0 Å². The fourth-order valence-electron chi connectivity index (χ4n) is 2.18. The number of hydrogen-bond donors (Lipinski definition) is 2. The number of benzene rings is 1. The summed E-state index contributed by atoms with van der Waals surface area (Å²) < 4.78 is 16.0. The van der Waals surface area contributed by atoms with Crippen LogP contribution in [0.25, 0.3) is 6.08 Å². The van der Waals surface area contributed by atoms with Gasteiger partial charge in [-0.25, -0.2) is 0 Å². The van der Waals surface area contributed by atoms with Crippen LogP contribution in [0.4, 0.5) is 0 Å². The first-order valence-electron chi connectivity index (χ1n) is 8.68. The van der Waals surface area contributed by atoms with E-state index in [1.54, 1.807) is 37.5 Å². The number of carbonyl (C=O) groups excluding carboxylic acids is 2. The van der Waals surface area contributed by atoms with Crippen molar-refractivity contribution in [1.82, 2.24) is 10.6 Å². The molecule has 0 spiro atoms. The van der Waals surface area contributed by atoms with Gasteiger partial charge < -0.3 is 24.5 Å². The molecule has 1 heterocycles. The van der Waals surface area contributed by atoms with Gasteiger partial charge >= 0.3 is 0 Å². The normalized spacial score (nSPS) is 10.6. The van der Waals surface area contributed by atoms with E-state index in [-0.39, 0.29) is 24.9 Å². The van der Waals surface area contributed by atoms with E-state index >= 15 is 0 Å². The molecule has 0 radical (unpaired) electrons. The molecule has 0 saturated carbocycles. The van der Waals surface area contributed by atoms with Crippen molar-refractivity contribution in [1.29, 1.82) is 0 Å². The van der Waals surface area contributed by atoms with Gasteiger partial charge in [-0.1, -0.05) is 13.0 Å². The van der Waals surface area contributed by atoms with Crippen molar-refractivity contribution >= 4 is 17.9 Å². The highest BCUT2D eigenvalue weighted by Crippen LogP contribution is 2.28. The summed E-state index contributed by atoms with van der Waals surface area (Å²) in [6, 6.07) is 8.91. The standard InChI is InChI=1S/C20H24N2O5/c1-3-10-27-17-8-6-15(12-18(17)25-2)7-9-19(23)22-14-20(24)21-13-16-5-4-11-26-16/h4-9,11-12H,3,10,13-14H2,1-2H3,(H,21,24)(H,22,23)/b9-7+. The van der Waals surface area contributed by atoms with E-state index in [1.807, 2.05) is 13.0 Å². The Kier molecular flexibility index (Phi) is 7.96. The molecule has 0 bridgehead atoms. The molecule has 7 heteroatoms. The van der Waals surface area contributed by atoms with Crippen molar-refractivity contribution in [2.75, 3.05) is 20.3 Å². The number of furan rings is 1. The molecule has 1 aromatic heterocycles. The number of ether oxygens (including phenoxy) is 2. The molecule has 2 aromatic rings. The second-order valence-electron chi connectivity index (χ2n) is 5.67. The predicted octanol–water partition coefficient (Wildman–Crippen LogP) is 2.52. The molecule has 27 heavy (non-hydrogen) atoms. The number of nitrogens with one attached hydrogen (secondary N) is 2. The van der Waals surface area contributed by atoms with Crippen molar-refractivity contribution in [2.24, 2.45) is 0 Å². The first-order chi connectivity index (χ1) is 13.1. The van der Waals surface area contributed by atoms with E-state index in [1.165, 1.54) is 12.3 Å². The summed E-state index contributed by atoms with van der Waals surface area (Å²) in [6.07, 6.45) is 5.44. The van der Waals surface area contributed by atoms with Crippen LogP contribution in [-0.4, -0.2) is 32.1 Å². The number of hydrogen-bond acceptors (Lipinski definition) is 5. The van der Waals surface area contributed by atoms with Crippen molar-refractivity contribution in [3.05, 3.63) is 54.0 Å². The highest BCUT2D eigenvalue weighted by atomic mass is 16.5. The molecule has 2 rings (SSSR count). The van der Waals surface area contributed by atoms with E-state index in [2.05, 4.69) is 10.6 Å². The Morgan fingerprint density at radius 3 is 2.74 bits per heavy atom. The molecule has 0 saturated heterocycles. The molecule has 144 valence electrons. The second kappa shape index (κ2) is 10.7. The second-order valence-corrected chi connectivity index (χ2v) is 5.67. The number of methoxy groups -OCH3 is 1. The quantitative estimate of drug-likeness (QED) is 0.626. The molecular formula is C20H24N2O5. The maximum Gasteiger partial charge on any atom is 0.244 e. The van der Waals surface area contributed by atoms with Crippen molar-refractivity contribution < 1.29 is 23.5 Å². The highest BCUT2D eigenvalue weighted by molar-refractivity contribution is 5.94. The number of carbonyl (C=O) groups is 2. The maximum atomic E-state index is 11.9. The SMILES string of the molecule is CCCOc1ccc(/C=C/C(=O)NCC(=O)NCc2ccco2)cc1OC. The minimum absolute atomic E-state index is 0.114. The molecule has 0 fully saturated rings. The molecule has 1 aromatic carbocycles. The molecule has 0 aliphatic carbocycles. The lowest BCUT2D eigenvalue weighted by Crippen LogP contribution is -2.35. The van der Waals surface area contributed by atoms with Gasteiger partial charge in [0.15, 0.2) is 11.5 Å². The lowest BCUT2D eigenvalue weighted by molar-refractivity contribution is -0.124. The van der Waals surface area contributed by atoms with Crippen LogP contribution < -0.4 is 20.1 Å². The number of rotatable bonds is 10. The lowest BCUT2D eigenvalue weighted by atomic mass is 10.2. The first-order valence-corrected chi connectivity index (χ1v) is 8.68. The Balaban J connectivity index is 1.80. The van der Waals surface area contributed by atoms with Crippen LogP contribution in [0.2, 0.25) is 0 Å². The fraction of sp³-hybridized carbons (Fsp3) is 0.300. The van der Waals surface area contributed by atoms with Gasteiger partial charge in [-0.2, -0.15) is 0 Å². The van der Waals surface area contributed by atoms with Gasteiger partial charge in [0.05, 0.1) is 33.1 Å². The van der Waals surface area contributed by atoms with E-state index in [0.29, 0.717) is 23.9 Å². The van der Waals surface area contributed by atoms with E-state index in [4.69, 9.17) is 13.9 Å². The third-order valence-corrected chi connectivity index (χ3v) is 3.54. The van der Waals surface area contributed by atoms with Gasteiger partial charge in [-0.15, -0.1) is 0 Å². The van der Waals surface area contributed by atoms with E-state index < -0.39 is 0 Å². The summed E-state index contributed by atoms with van der Waals surface area (Å²) in [6.45, 7) is 2.80. The van der Waals surface area contributed by atoms with Gasteiger partial charge in [-0.05, 0) is 42.3 Å². The molecule has 2 amide bonds. The average molecular weight is 372 g/mol. The molecule has 7 nitrogen and oxygen atoms in total. The molecule has 0 atom stereocenters. The van der Waals surface area contributed by atoms with Crippen LogP contribution in [0.15, 0.2) is 47.1 Å². The van der Waals surface area contributed by atoms with Crippen LogP contribution in [0.1, 0.15) is 24.7 Å². The summed E-state index contributed by atoms with van der Waals surface area (Å²) in [4.78, 5) is 23.6. The zero-order valence-electron chi connectivity index (χ0n) is 15.5. The Labute approximate surface area is 158 Å². The predicted molar refractivity (Wildman–Crippen MR) is 101 cm³/mol. The molecule has 0 unspecified atom stereocenters. The minimum atomic E-state index is -0.367. The summed E-state index contributed by atoms with van der Waals surface area (Å²) in [5, 5.41) is 5.18. The zero-order valence-corrected chi connectivity index (χ0v) is 15.5. The van der Waals surface area contributed by atoms with Crippen LogP contribution in [0.5, 0.6) is 11.5 Å². The Hall–Kier alpha value is -3.22. The Bertz CT molecular complexity index is 769. The fourth-order valence-corrected chi connectivity index (χ4v) is 2.18. The van der Waals surface area contributed by atoms with Crippen LogP contribution >= 0.6 is 0 Å². The summed E-state index contributed by atoms with van der Waals surface area (Å²) in [5.74, 6) is 1.24.